The lowest BCUT2D eigenvalue weighted by Crippen LogP contribution is -2.29. The second-order valence-corrected chi connectivity index (χ2v) is 5.62. The number of rotatable bonds is 7. The van der Waals surface area contributed by atoms with Crippen LogP contribution in [0.4, 0.5) is 11.4 Å². The van der Waals surface area contributed by atoms with E-state index in [2.05, 4.69) is 18.7 Å². The summed E-state index contributed by atoms with van der Waals surface area (Å²) >= 11 is -1.18. The molecule has 1 unspecified atom stereocenters. The highest BCUT2D eigenvalue weighted by atomic mass is 32.2. The Morgan fingerprint density at radius 1 is 1.37 bits per heavy atom. The van der Waals surface area contributed by atoms with Crippen LogP contribution in [0.15, 0.2) is 23.1 Å². The van der Waals surface area contributed by atoms with Crippen LogP contribution < -0.4 is 5.73 Å². The maximum Gasteiger partial charge on any atom is 0.292 e. The Morgan fingerprint density at radius 2 is 2.00 bits per heavy atom. The predicted octanol–water partition coefficient (Wildman–Crippen LogP) is 1.63. The van der Waals surface area contributed by atoms with E-state index in [0.717, 1.165) is 19.6 Å². The van der Waals surface area contributed by atoms with Gasteiger partial charge in [0.25, 0.3) is 5.69 Å². The highest BCUT2D eigenvalue weighted by Crippen LogP contribution is 2.24. The highest BCUT2D eigenvalue weighted by Gasteiger charge is 2.18. The molecule has 6 nitrogen and oxygen atoms in total. The number of nitro benzene ring substituents is 1. The SMILES string of the molecule is CCN(CC)CC[S+]([O-])c1ccc([N+](=O)[O-])c(N)c1. The third-order valence-corrected chi connectivity index (χ3v) is 4.28. The van der Waals surface area contributed by atoms with Gasteiger partial charge in [-0.1, -0.05) is 13.8 Å². The zero-order chi connectivity index (χ0) is 14.4. The van der Waals surface area contributed by atoms with E-state index < -0.39 is 16.1 Å². The van der Waals surface area contributed by atoms with Crippen LogP contribution in [-0.4, -0.2) is 39.8 Å². The van der Waals surface area contributed by atoms with Crippen LogP contribution >= 0.6 is 0 Å². The van der Waals surface area contributed by atoms with Crippen molar-refractivity contribution in [3.63, 3.8) is 0 Å². The monoisotopic (exact) mass is 285 g/mol. The fraction of sp³-hybridized carbons (Fsp3) is 0.500. The van der Waals surface area contributed by atoms with Crippen molar-refractivity contribution in [2.24, 2.45) is 0 Å². The van der Waals surface area contributed by atoms with Crippen LogP contribution in [0.3, 0.4) is 0 Å². The van der Waals surface area contributed by atoms with Gasteiger partial charge in [0.15, 0.2) is 4.90 Å². The maximum absolute atomic E-state index is 12.1. The molecule has 1 atom stereocenters. The molecule has 0 fully saturated rings. The Balaban J connectivity index is 2.70. The first-order valence-corrected chi connectivity index (χ1v) is 7.46. The first-order chi connectivity index (χ1) is 8.99. The normalized spacial score (nSPS) is 12.6. The molecule has 7 heteroatoms. The standard InChI is InChI=1S/C12H19N3O3S/c1-3-14(4-2)7-8-19(18)10-5-6-12(15(16)17)11(13)9-10/h5-6,9H,3-4,7-8,13H2,1-2H3. The van der Waals surface area contributed by atoms with Gasteiger partial charge >= 0.3 is 0 Å². The first-order valence-electron chi connectivity index (χ1n) is 6.14. The number of benzene rings is 1. The van der Waals surface area contributed by atoms with E-state index in [1.54, 1.807) is 0 Å². The molecule has 0 radical (unpaired) electrons. The second kappa shape index (κ2) is 7.32. The minimum absolute atomic E-state index is 0.0543. The smallest absolute Gasteiger partial charge is 0.292 e. The molecule has 0 aromatic heterocycles. The molecule has 0 heterocycles. The lowest BCUT2D eigenvalue weighted by atomic mass is 10.3. The molecule has 0 bridgehead atoms. The van der Waals surface area contributed by atoms with E-state index in [1.807, 2.05) is 0 Å². The third-order valence-electron chi connectivity index (χ3n) is 2.95. The molecule has 0 aliphatic carbocycles. The summed E-state index contributed by atoms with van der Waals surface area (Å²) in [4.78, 5) is 12.8. The van der Waals surface area contributed by atoms with Gasteiger partial charge < -0.3 is 10.3 Å². The molecule has 0 aliphatic heterocycles. The van der Waals surface area contributed by atoms with Gasteiger partial charge in [-0.05, 0) is 24.3 Å². The van der Waals surface area contributed by atoms with E-state index in [1.165, 1.54) is 18.2 Å². The van der Waals surface area contributed by atoms with Gasteiger partial charge in [-0.25, -0.2) is 0 Å². The van der Waals surface area contributed by atoms with Crippen LogP contribution in [0.25, 0.3) is 0 Å². The lowest BCUT2D eigenvalue weighted by molar-refractivity contribution is -0.383. The van der Waals surface area contributed by atoms with Gasteiger partial charge in [0.05, 0.1) is 4.92 Å². The van der Waals surface area contributed by atoms with Gasteiger partial charge in [-0.2, -0.15) is 0 Å². The summed E-state index contributed by atoms with van der Waals surface area (Å²) in [6, 6.07) is 4.24. The summed E-state index contributed by atoms with van der Waals surface area (Å²) in [5.41, 5.74) is 5.49. The van der Waals surface area contributed by atoms with Crippen LogP contribution in [-0.2, 0) is 11.2 Å². The molecule has 106 valence electrons. The number of hydrogen-bond donors (Lipinski definition) is 1. The zero-order valence-corrected chi connectivity index (χ0v) is 12.0. The van der Waals surface area contributed by atoms with Gasteiger partial charge in [-0.15, -0.1) is 0 Å². The minimum Gasteiger partial charge on any atom is -0.611 e. The van der Waals surface area contributed by atoms with Crippen LogP contribution in [0.1, 0.15) is 13.8 Å². The maximum atomic E-state index is 12.1. The third kappa shape index (κ3) is 4.38. The van der Waals surface area contributed by atoms with E-state index in [4.69, 9.17) is 5.73 Å². The van der Waals surface area contributed by atoms with E-state index in [0.29, 0.717) is 10.6 Å². The summed E-state index contributed by atoms with van der Waals surface area (Å²) in [5, 5.41) is 10.6. The fourth-order valence-electron chi connectivity index (χ4n) is 1.71. The molecule has 0 aliphatic rings. The van der Waals surface area contributed by atoms with Gasteiger partial charge in [-0.3, -0.25) is 15.0 Å². The summed E-state index contributed by atoms with van der Waals surface area (Å²) in [6.07, 6.45) is 0. The average Bonchev–Trinajstić information content (AvgIpc) is 2.39. The molecule has 19 heavy (non-hydrogen) atoms. The van der Waals surface area contributed by atoms with E-state index in [-0.39, 0.29) is 11.4 Å². The molecule has 0 saturated carbocycles. The van der Waals surface area contributed by atoms with Gasteiger partial charge in [0, 0.05) is 24.7 Å². The summed E-state index contributed by atoms with van der Waals surface area (Å²) in [6.45, 7) is 6.66. The van der Waals surface area contributed by atoms with Crippen molar-refractivity contribution in [3.05, 3.63) is 28.3 Å². The number of anilines is 1. The van der Waals surface area contributed by atoms with Crippen molar-refractivity contribution in [2.45, 2.75) is 18.7 Å². The molecular weight excluding hydrogens is 266 g/mol. The highest BCUT2D eigenvalue weighted by molar-refractivity contribution is 7.91. The van der Waals surface area contributed by atoms with Crippen molar-refractivity contribution >= 4 is 22.6 Å². The molecule has 1 aromatic rings. The Bertz CT molecular complexity index is 438. The molecule has 1 rings (SSSR count). The van der Waals surface area contributed by atoms with Crippen LogP contribution in [0.2, 0.25) is 0 Å². The minimum atomic E-state index is -1.18. The lowest BCUT2D eigenvalue weighted by Gasteiger charge is -2.19. The second-order valence-electron chi connectivity index (χ2n) is 4.05. The van der Waals surface area contributed by atoms with E-state index in [9.17, 15) is 14.7 Å². The first kappa shape index (κ1) is 15.7. The van der Waals surface area contributed by atoms with Crippen molar-refractivity contribution in [1.29, 1.82) is 0 Å². The van der Waals surface area contributed by atoms with Crippen molar-refractivity contribution in [1.82, 2.24) is 4.90 Å². The largest absolute Gasteiger partial charge is 0.611 e. The number of nitro groups is 1. The number of hydrogen-bond acceptors (Lipinski definition) is 5. The topological polar surface area (TPSA) is 95.5 Å². The Labute approximate surface area is 115 Å². The summed E-state index contributed by atoms with van der Waals surface area (Å²) in [5.74, 6) is 0.499. The van der Waals surface area contributed by atoms with Crippen molar-refractivity contribution in [2.75, 3.05) is 31.1 Å². The van der Waals surface area contributed by atoms with Crippen molar-refractivity contribution < 1.29 is 9.48 Å². The predicted molar refractivity (Wildman–Crippen MR) is 76.6 cm³/mol. The molecule has 0 spiro atoms. The van der Waals surface area contributed by atoms with Crippen LogP contribution in [0, 0.1) is 10.1 Å². The van der Waals surface area contributed by atoms with E-state index >= 15 is 0 Å². The number of nitrogen functional groups attached to an aromatic ring is 1. The summed E-state index contributed by atoms with van der Waals surface area (Å²) < 4.78 is 12.1. The fourth-order valence-corrected chi connectivity index (χ4v) is 2.85. The Kier molecular flexibility index (Phi) is 6.07. The Morgan fingerprint density at radius 3 is 2.47 bits per heavy atom. The average molecular weight is 285 g/mol. The molecule has 2 N–H and O–H groups in total. The molecule has 0 saturated heterocycles. The zero-order valence-electron chi connectivity index (χ0n) is 11.2. The molecule has 1 aromatic carbocycles. The van der Waals surface area contributed by atoms with Gasteiger partial charge in [0.1, 0.15) is 11.4 Å². The number of nitrogens with two attached hydrogens (primary N) is 1. The van der Waals surface area contributed by atoms with Gasteiger partial charge in [0.2, 0.25) is 0 Å². The van der Waals surface area contributed by atoms with Crippen LogP contribution in [0.5, 0.6) is 0 Å². The quantitative estimate of drug-likeness (QED) is 0.355. The van der Waals surface area contributed by atoms with Crippen molar-refractivity contribution in [3.8, 4) is 0 Å². The Hall–Kier alpha value is -1.31. The molecular formula is C12H19N3O3S. The molecule has 0 amide bonds. The number of nitrogens with zero attached hydrogens (tertiary/aromatic N) is 2. The summed E-state index contributed by atoms with van der Waals surface area (Å²) in [7, 11) is 0.